The standard InChI is InChI=1S/C13H17NO/c1-10-4-6-13(7-5-10)14-9-11(2)8-12(3)15/h4-8,14H,9H2,1-3H3. The van der Waals surface area contributed by atoms with Gasteiger partial charge in [-0.15, -0.1) is 0 Å². The third-order valence-electron chi connectivity index (χ3n) is 2.07. The van der Waals surface area contributed by atoms with E-state index in [9.17, 15) is 4.79 Å². The Labute approximate surface area is 91.0 Å². The number of carbonyl (C=O) groups excluding carboxylic acids is 1. The van der Waals surface area contributed by atoms with Gasteiger partial charge in [-0.05, 0) is 39.0 Å². The molecule has 0 spiro atoms. The highest BCUT2D eigenvalue weighted by atomic mass is 16.1. The number of benzene rings is 1. The third-order valence-corrected chi connectivity index (χ3v) is 2.07. The van der Waals surface area contributed by atoms with E-state index in [1.165, 1.54) is 5.56 Å². The summed E-state index contributed by atoms with van der Waals surface area (Å²) in [5.41, 5.74) is 3.37. The van der Waals surface area contributed by atoms with Gasteiger partial charge < -0.3 is 5.32 Å². The van der Waals surface area contributed by atoms with Crippen LogP contribution in [-0.2, 0) is 4.79 Å². The predicted octanol–water partition coefficient (Wildman–Crippen LogP) is 2.94. The fourth-order valence-corrected chi connectivity index (χ4v) is 1.31. The lowest BCUT2D eigenvalue weighted by molar-refractivity contribution is -0.112. The summed E-state index contributed by atoms with van der Waals surface area (Å²) in [5.74, 6) is 0.0956. The summed E-state index contributed by atoms with van der Waals surface area (Å²) in [4.78, 5) is 10.8. The van der Waals surface area contributed by atoms with Crippen LogP contribution in [0.15, 0.2) is 35.9 Å². The zero-order valence-corrected chi connectivity index (χ0v) is 9.50. The van der Waals surface area contributed by atoms with Crippen LogP contribution in [0.25, 0.3) is 0 Å². The molecule has 0 heterocycles. The van der Waals surface area contributed by atoms with Gasteiger partial charge in [-0.25, -0.2) is 0 Å². The van der Waals surface area contributed by atoms with Crippen molar-refractivity contribution in [2.75, 3.05) is 11.9 Å². The number of nitrogens with one attached hydrogen (secondary N) is 1. The number of rotatable bonds is 4. The molecule has 0 aliphatic rings. The molecule has 1 N–H and O–H groups in total. The first-order valence-corrected chi connectivity index (χ1v) is 5.06. The van der Waals surface area contributed by atoms with Crippen molar-refractivity contribution < 1.29 is 4.79 Å². The molecule has 0 saturated heterocycles. The molecule has 15 heavy (non-hydrogen) atoms. The minimum atomic E-state index is 0.0956. The van der Waals surface area contributed by atoms with Crippen LogP contribution in [0.4, 0.5) is 5.69 Å². The van der Waals surface area contributed by atoms with Crippen molar-refractivity contribution in [3.05, 3.63) is 41.5 Å². The van der Waals surface area contributed by atoms with Gasteiger partial charge in [0.25, 0.3) is 0 Å². The smallest absolute Gasteiger partial charge is 0.152 e. The summed E-state index contributed by atoms with van der Waals surface area (Å²) >= 11 is 0. The monoisotopic (exact) mass is 203 g/mol. The first-order chi connectivity index (χ1) is 7.08. The second kappa shape index (κ2) is 5.35. The lowest BCUT2D eigenvalue weighted by Gasteiger charge is -2.06. The van der Waals surface area contributed by atoms with E-state index in [1.54, 1.807) is 13.0 Å². The van der Waals surface area contributed by atoms with E-state index in [0.717, 1.165) is 11.3 Å². The maximum atomic E-state index is 10.8. The Bertz CT molecular complexity index is 363. The normalized spacial score (nSPS) is 11.3. The van der Waals surface area contributed by atoms with E-state index in [1.807, 2.05) is 19.1 Å². The molecule has 0 radical (unpaired) electrons. The van der Waals surface area contributed by atoms with Crippen molar-refractivity contribution in [2.24, 2.45) is 0 Å². The van der Waals surface area contributed by atoms with Crippen LogP contribution in [0.3, 0.4) is 0 Å². The fraction of sp³-hybridized carbons (Fsp3) is 0.308. The minimum absolute atomic E-state index is 0.0956. The lowest BCUT2D eigenvalue weighted by atomic mass is 10.2. The molecule has 0 fully saturated rings. The van der Waals surface area contributed by atoms with Gasteiger partial charge in [0.2, 0.25) is 0 Å². The molecule has 2 heteroatoms. The molecule has 2 nitrogen and oxygen atoms in total. The Balaban J connectivity index is 2.50. The molecule has 1 rings (SSSR count). The van der Waals surface area contributed by atoms with Gasteiger partial charge in [0.15, 0.2) is 5.78 Å². The Morgan fingerprint density at radius 1 is 1.27 bits per heavy atom. The number of hydrogen-bond acceptors (Lipinski definition) is 2. The zero-order valence-electron chi connectivity index (χ0n) is 9.50. The maximum absolute atomic E-state index is 10.8. The summed E-state index contributed by atoms with van der Waals surface area (Å²) < 4.78 is 0. The molecular weight excluding hydrogens is 186 g/mol. The average Bonchev–Trinajstić information content (AvgIpc) is 2.16. The summed E-state index contributed by atoms with van der Waals surface area (Å²) in [6.45, 7) is 6.28. The Kier molecular flexibility index (Phi) is 4.10. The minimum Gasteiger partial charge on any atom is -0.381 e. The lowest BCUT2D eigenvalue weighted by Crippen LogP contribution is -2.03. The van der Waals surface area contributed by atoms with Gasteiger partial charge in [0.05, 0.1) is 0 Å². The summed E-state index contributed by atoms with van der Waals surface area (Å²) in [6.07, 6.45) is 1.65. The highest BCUT2D eigenvalue weighted by Gasteiger charge is 1.93. The average molecular weight is 203 g/mol. The molecule has 0 aliphatic carbocycles. The van der Waals surface area contributed by atoms with E-state index in [2.05, 4.69) is 24.4 Å². The number of carbonyl (C=O) groups is 1. The molecule has 0 aliphatic heterocycles. The molecule has 1 aromatic rings. The fourth-order valence-electron chi connectivity index (χ4n) is 1.31. The van der Waals surface area contributed by atoms with Crippen LogP contribution in [0.1, 0.15) is 19.4 Å². The van der Waals surface area contributed by atoms with E-state index in [0.29, 0.717) is 6.54 Å². The molecule has 0 atom stereocenters. The van der Waals surface area contributed by atoms with Crippen molar-refractivity contribution in [1.29, 1.82) is 0 Å². The molecular formula is C13H17NO. The number of allylic oxidation sites excluding steroid dienone is 1. The van der Waals surface area contributed by atoms with Crippen molar-refractivity contribution in [2.45, 2.75) is 20.8 Å². The van der Waals surface area contributed by atoms with Crippen LogP contribution in [0.2, 0.25) is 0 Å². The highest BCUT2D eigenvalue weighted by Crippen LogP contribution is 2.09. The van der Waals surface area contributed by atoms with Gasteiger partial charge in [0.1, 0.15) is 0 Å². The molecule has 0 aromatic heterocycles. The van der Waals surface area contributed by atoms with Gasteiger partial charge in [-0.1, -0.05) is 23.3 Å². The number of ketones is 1. The Morgan fingerprint density at radius 3 is 2.40 bits per heavy atom. The molecule has 0 unspecified atom stereocenters. The van der Waals surface area contributed by atoms with Gasteiger partial charge >= 0.3 is 0 Å². The van der Waals surface area contributed by atoms with E-state index in [-0.39, 0.29) is 5.78 Å². The second-order valence-corrected chi connectivity index (χ2v) is 3.82. The highest BCUT2D eigenvalue weighted by molar-refractivity contribution is 5.88. The van der Waals surface area contributed by atoms with E-state index in [4.69, 9.17) is 0 Å². The van der Waals surface area contributed by atoms with Gasteiger partial charge in [-0.3, -0.25) is 4.79 Å². The SMILES string of the molecule is CC(=O)C=C(C)CNc1ccc(C)cc1. The van der Waals surface area contributed by atoms with Crippen molar-refractivity contribution in [1.82, 2.24) is 0 Å². The van der Waals surface area contributed by atoms with Crippen LogP contribution in [-0.4, -0.2) is 12.3 Å². The first-order valence-electron chi connectivity index (χ1n) is 5.06. The number of hydrogen-bond donors (Lipinski definition) is 1. The molecule has 0 bridgehead atoms. The molecule has 0 amide bonds. The van der Waals surface area contributed by atoms with Crippen molar-refractivity contribution in [3.63, 3.8) is 0 Å². The van der Waals surface area contributed by atoms with Gasteiger partial charge in [0, 0.05) is 12.2 Å². The number of anilines is 1. The second-order valence-electron chi connectivity index (χ2n) is 3.82. The van der Waals surface area contributed by atoms with Crippen LogP contribution < -0.4 is 5.32 Å². The zero-order chi connectivity index (χ0) is 11.3. The summed E-state index contributed by atoms with van der Waals surface area (Å²) in [7, 11) is 0. The van der Waals surface area contributed by atoms with Crippen molar-refractivity contribution >= 4 is 11.5 Å². The maximum Gasteiger partial charge on any atom is 0.152 e. The molecule has 1 aromatic carbocycles. The van der Waals surface area contributed by atoms with E-state index < -0.39 is 0 Å². The number of aryl methyl sites for hydroxylation is 1. The van der Waals surface area contributed by atoms with E-state index >= 15 is 0 Å². The molecule has 0 saturated carbocycles. The topological polar surface area (TPSA) is 29.1 Å². The largest absolute Gasteiger partial charge is 0.381 e. The third kappa shape index (κ3) is 4.45. The van der Waals surface area contributed by atoms with Gasteiger partial charge in [-0.2, -0.15) is 0 Å². The van der Waals surface area contributed by atoms with Crippen LogP contribution in [0, 0.1) is 6.92 Å². The summed E-state index contributed by atoms with van der Waals surface area (Å²) in [5, 5.41) is 3.26. The van der Waals surface area contributed by atoms with Crippen molar-refractivity contribution in [3.8, 4) is 0 Å². The Hall–Kier alpha value is -1.57. The van der Waals surface area contributed by atoms with Crippen LogP contribution in [0.5, 0.6) is 0 Å². The first kappa shape index (κ1) is 11.5. The van der Waals surface area contributed by atoms with Crippen LogP contribution >= 0.6 is 0 Å². The quantitative estimate of drug-likeness (QED) is 0.762. The molecule has 80 valence electrons. The predicted molar refractivity (Wildman–Crippen MR) is 64.1 cm³/mol. The summed E-state index contributed by atoms with van der Waals surface area (Å²) in [6, 6.07) is 8.20. The Morgan fingerprint density at radius 2 is 1.87 bits per heavy atom.